The van der Waals surface area contributed by atoms with Gasteiger partial charge in [-0.2, -0.15) is 0 Å². The van der Waals surface area contributed by atoms with Crippen molar-refractivity contribution >= 4 is 64.1 Å². The summed E-state index contributed by atoms with van der Waals surface area (Å²) in [4.78, 5) is 0. The molecule has 0 amide bonds. The van der Waals surface area contributed by atoms with Gasteiger partial charge in [0.05, 0.1) is 15.7 Å². The van der Waals surface area contributed by atoms with Gasteiger partial charge in [-0.15, -0.1) is 11.3 Å². The summed E-state index contributed by atoms with van der Waals surface area (Å²) in [6, 6.07) is 37.4. The van der Waals surface area contributed by atoms with E-state index in [1.807, 2.05) is 11.3 Å². The minimum Gasteiger partial charge on any atom is -0.308 e. The molecule has 0 unspecified atom stereocenters. The molecule has 2 heteroatoms. The molecule has 0 aliphatic rings. The van der Waals surface area contributed by atoms with Crippen LogP contribution in [-0.2, 0) is 0 Å². The molecule has 0 N–H and O–H groups in total. The third-order valence-electron chi connectivity index (χ3n) is 6.16. The van der Waals surface area contributed by atoms with Crippen molar-refractivity contribution in [2.24, 2.45) is 0 Å². The number of aromatic nitrogens is 1. The lowest BCUT2D eigenvalue weighted by Crippen LogP contribution is -1.93. The number of fused-ring (bicyclic) bond motifs is 8. The molecule has 2 aromatic heterocycles. The average Bonchev–Trinajstić information content (AvgIpc) is 3.34. The lowest BCUT2D eigenvalue weighted by molar-refractivity contribution is 1.19. The Hall–Kier alpha value is -3.62. The number of para-hydroxylation sites is 1. The van der Waals surface area contributed by atoms with Gasteiger partial charge in [-0.3, -0.25) is 0 Å². The highest BCUT2D eigenvalue weighted by Crippen LogP contribution is 2.44. The zero-order chi connectivity index (χ0) is 19.7. The largest absolute Gasteiger partial charge is 0.308 e. The first-order valence-corrected chi connectivity index (χ1v) is 11.0. The van der Waals surface area contributed by atoms with Crippen LogP contribution in [0.2, 0.25) is 0 Å². The molecule has 7 rings (SSSR count). The normalized spacial score (nSPS) is 12.0. The third kappa shape index (κ3) is 2.11. The Bertz CT molecular complexity index is 1750. The third-order valence-corrected chi connectivity index (χ3v) is 7.42. The van der Waals surface area contributed by atoms with Crippen LogP contribution in [0.3, 0.4) is 0 Å². The number of rotatable bonds is 1. The topological polar surface area (TPSA) is 4.93 Å². The van der Waals surface area contributed by atoms with Crippen LogP contribution in [0.25, 0.3) is 58.4 Å². The van der Waals surface area contributed by atoms with E-state index in [9.17, 15) is 0 Å². The minimum absolute atomic E-state index is 1.22. The van der Waals surface area contributed by atoms with E-state index in [1.54, 1.807) is 0 Å². The van der Waals surface area contributed by atoms with Crippen LogP contribution in [0.4, 0.5) is 0 Å². The van der Waals surface area contributed by atoms with E-state index in [-0.39, 0.29) is 0 Å². The van der Waals surface area contributed by atoms with Crippen LogP contribution in [0, 0.1) is 0 Å². The molecule has 140 valence electrons. The average molecular weight is 400 g/mol. The lowest BCUT2D eigenvalue weighted by atomic mass is 10.1. The molecule has 5 aromatic carbocycles. The van der Waals surface area contributed by atoms with Gasteiger partial charge in [-0.1, -0.05) is 84.9 Å². The second-order valence-electron chi connectivity index (χ2n) is 7.83. The zero-order valence-corrected chi connectivity index (χ0v) is 17.0. The van der Waals surface area contributed by atoms with Crippen molar-refractivity contribution < 1.29 is 0 Å². The van der Waals surface area contributed by atoms with E-state index in [2.05, 4.69) is 108 Å². The van der Waals surface area contributed by atoms with Crippen molar-refractivity contribution in [3.05, 3.63) is 103 Å². The molecule has 0 saturated heterocycles. The van der Waals surface area contributed by atoms with Gasteiger partial charge in [0.15, 0.2) is 0 Å². The smallest absolute Gasteiger partial charge is 0.0727 e. The number of benzene rings is 5. The number of nitrogens with zero attached hydrogens (tertiary/aromatic N) is 1. The number of thiophene rings is 1. The quantitative estimate of drug-likeness (QED) is 0.262. The Kier molecular flexibility index (Phi) is 3.21. The molecular formula is C28H17NS. The van der Waals surface area contributed by atoms with Crippen LogP contribution in [0.5, 0.6) is 0 Å². The van der Waals surface area contributed by atoms with Crippen molar-refractivity contribution in [3.8, 4) is 5.69 Å². The second kappa shape index (κ2) is 5.94. The van der Waals surface area contributed by atoms with Gasteiger partial charge in [-0.05, 0) is 39.7 Å². The Morgan fingerprint density at radius 2 is 1.20 bits per heavy atom. The molecule has 0 aliphatic heterocycles. The van der Waals surface area contributed by atoms with Gasteiger partial charge in [0.25, 0.3) is 0 Å². The summed E-state index contributed by atoms with van der Waals surface area (Å²) in [5.41, 5.74) is 3.80. The van der Waals surface area contributed by atoms with E-state index < -0.39 is 0 Å². The van der Waals surface area contributed by atoms with Crippen molar-refractivity contribution in [2.75, 3.05) is 0 Å². The van der Waals surface area contributed by atoms with Gasteiger partial charge >= 0.3 is 0 Å². The summed E-state index contributed by atoms with van der Waals surface area (Å²) < 4.78 is 5.19. The van der Waals surface area contributed by atoms with Crippen molar-refractivity contribution in [2.45, 2.75) is 0 Å². The molecule has 1 nitrogen and oxygen atoms in total. The van der Waals surface area contributed by atoms with Crippen molar-refractivity contribution in [1.29, 1.82) is 0 Å². The summed E-state index contributed by atoms with van der Waals surface area (Å²) >= 11 is 1.92. The summed E-state index contributed by atoms with van der Waals surface area (Å²) in [7, 11) is 0. The predicted molar refractivity (Wildman–Crippen MR) is 131 cm³/mol. The second-order valence-corrected chi connectivity index (χ2v) is 8.85. The maximum absolute atomic E-state index is 2.45. The highest BCUT2D eigenvalue weighted by Gasteiger charge is 2.18. The maximum atomic E-state index is 2.45. The first kappa shape index (κ1) is 16.2. The molecule has 0 aliphatic carbocycles. The highest BCUT2D eigenvalue weighted by atomic mass is 32.1. The molecule has 0 saturated carbocycles. The van der Waals surface area contributed by atoms with Crippen LogP contribution >= 0.6 is 11.3 Å². The van der Waals surface area contributed by atoms with E-state index >= 15 is 0 Å². The number of hydrogen-bond acceptors (Lipinski definition) is 1. The molecule has 2 heterocycles. The lowest BCUT2D eigenvalue weighted by Gasteiger charge is -2.10. The summed E-state index contributed by atoms with van der Waals surface area (Å²) in [6.45, 7) is 0. The molecule has 0 spiro atoms. The van der Waals surface area contributed by atoms with Crippen LogP contribution in [0.1, 0.15) is 0 Å². The van der Waals surface area contributed by atoms with Crippen LogP contribution < -0.4 is 0 Å². The van der Waals surface area contributed by atoms with Gasteiger partial charge < -0.3 is 4.57 Å². The van der Waals surface area contributed by atoms with Gasteiger partial charge in [0.2, 0.25) is 0 Å². The fourth-order valence-electron chi connectivity index (χ4n) is 4.78. The Morgan fingerprint density at radius 1 is 0.500 bits per heavy atom. The molecule has 0 bridgehead atoms. The molecule has 7 aromatic rings. The van der Waals surface area contributed by atoms with Crippen LogP contribution in [-0.4, -0.2) is 4.57 Å². The summed E-state index contributed by atoms with van der Waals surface area (Å²) in [5, 5.41) is 7.84. The Balaban J connectivity index is 1.69. The van der Waals surface area contributed by atoms with Crippen LogP contribution in [0.15, 0.2) is 103 Å². The van der Waals surface area contributed by atoms with E-state index in [0.29, 0.717) is 0 Å². The van der Waals surface area contributed by atoms with E-state index in [0.717, 1.165) is 0 Å². The Labute approximate surface area is 177 Å². The first-order chi connectivity index (χ1) is 14.9. The van der Waals surface area contributed by atoms with Gasteiger partial charge in [-0.25, -0.2) is 0 Å². The predicted octanol–water partition coefficient (Wildman–Crippen LogP) is 8.30. The maximum Gasteiger partial charge on any atom is 0.0727 e. The highest BCUT2D eigenvalue weighted by molar-refractivity contribution is 7.27. The van der Waals surface area contributed by atoms with Crippen molar-refractivity contribution in [1.82, 2.24) is 4.57 Å². The zero-order valence-electron chi connectivity index (χ0n) is 16.2. The first-order valence-electron chi connectivity index (χ1n) is 10.2. The number of hydrogen-bond donors (Lipinski definition) is 0. The summed E-state index contributed by atoms with van der Waals surface area (Å²) in [6.07, 6.45) is 0. The molecule has 0 radical (unpaired) electrons. The molecular weight excluding hydrogens is 382 g/mol. The van der Waals surface area contributed by atoms with Crippen molar-refractivity contribution in [3.63, 3.8) is 0 Å². The van der Waals surface area contributed by atoms with E-state index in [1.165, 1.54) is 58.4 Å². The molecule has 0 atom stereocenters. The molecule has 30 heavy (non-hydrogen) atoms. The standard InChI is InChI=1S/C28H17NS/c1-2-9-20-17-21(15-13-18(20)7-1)29-25-12-6-5-11-23(25)28-26(29)24-16-14-19-8-3-4-10-22(19)27(24)30-28/h1-17H. The minimum atomic E-state index is 1.22. The molecule has 0 fully saturated rings. The fourth-order valence-corrected chi connectivity index (χ4v) is 6.14. The monoisotopic (exact) mass is 399 g/mol. The van der Waals surface area contributed by atoms with Gasteiger partial charge in [0, 0.05) is 21.2 Å². The fraction of sp³-hybridized carbons (Fsp3) is 0. The summed E-state index contributed by atoms with van der Waals surface area (Å²) in [5.74, 6) is 0. The SMILES string of the molecule is c1ccc2cc(-n3c4ccccc4c4sc5c6ccccc6ccc5c43)ccc2c1. The Morgan fingerprint density at radius 3 is 2.10 bits per heavy atom. The van der Waals surface area contributed by atoms with E-state index in [4.69, 9.17) is 0 Å². The van der Waals surface area contributed by atoms with Gasteiger partial charge in [0.1, 0.15) is 0 Å².